The van der Waals surface area contributed by atoms with E-state index in [0.29, 0.717) is 21.3 Å². The number of carbonyl (C=O) groups is 1. The van der Waals surface area contributed by atoms with Crippen molar-refractivity contribution in [3.8, 4) is 11.3 Å². The van der Waals surface area contributed by atoms with Gasteiger partial charge in [0.25, 0.3) is 5.91 Å². The van der Waals surface area contributed by atoms with Crippen molar-refractivity contribution in [1.82, 2.24) is 4.98 Å². The number of rotatable bonds is 6. The topological polar surface area (TPSA) is 59.1 Å². The Balaban J connectivity index is 1.79. The molecule has 1 amide bonds. The predicted octanol–water partition coefficient (Wildman–Crippen LogP) is 4.75. The maximum absolute atomic E-state index is 12.6. The van der Waals surface area contributed by atoms with Gasteiger partial charge in [-0.3, -0.25) is 14.3 Å². The number of amides is 1. The number of thiazole rings is 1. The Hall–Kier alpha value is -2.31. The zero-order valence-electron chi connectivity index (χ0n) is 14.7. The normalized spacial score (nSPS) is 11.9. The quantitative estimate of drug-likeness (QED) is 0.667. The second-order valence-electron chi connectivity index (χ2n) is 5.67. The van der Waals surface area contributed by atoms with Gasteiger partial charge >= 0.3 is 0 Å². The Morgan fingerprint density at radius 1 is 1.12 bits per heavy atom. The monoisotopic (exact) mass is 384 g/mol. The highest BCUT2D eigenvalue weighted by Gasteiger charge is 2.16. The second-order valence-corrected chi connectivity index (χ2v) is 8.24. The van der Waals surface area contributed by atoms with Crippen LogP contribution in [0.25, 0.3) is 11.3 Å². The number of anilines is 1. The zero-order chi connectivity index (χ0) is 18.5. The molecule has 0 saturated carbocycles. The summed E-state index contributed by atoms with van der Waals surface area (Å²) in [6, 6.07) is 15.2. The van der Waals surface area contributed by atoms with Crippen LogP contribution in [0.1, 0.15) is 29.8 Å². The van der Waals surface area contributed by atoms with Crippen molar-refractivity contribution in [3.05, 3.63) is 65.0 Å². The third kappa shape index (κ3) is 4.08. The van der Waals surface area contributed by atoms with Gasteiger partial charge in [-0.05, 0) is 24.1 Å². The summed E-state index contributed by atoms with van der Waals surface area (Å²) < 4.78 is 12.2. The van der Waals surface area contributed by atoms with E-state index < -0.39 is 10.8 Å². The van der Waals surface area contributed by atoms with Crippen molar-refractivity contribution in [2.24, 2.45) is 0 Å². The molecule has 3 rings (SSSR count). The van der Waals surface area contributed by atoms with Crippen LogP contribution >= 0.6 is 11.3 Å². The Kier molecular flexibility index (Phi) is 5.96. The minimum Gasteiger partial charge on any atom is -0.298 e. The predicted molar refractivity (Wildman–Crippen MR) is 108 cm³/mol. The van der Waals surface area contributed by atoms with E-state index in [-0.39, 0.29) is 5.91 Å². The molecule has 6 heteroatoms. The van der Waals surface area contributed by atoms with Crippen LogP contribution in [0.15, 0.2) is 58.8 Å². The molecule has 0 aliphatic heterocycles. The lowest BCUT2D eigenvalue weighted by atomic mass is 10.1. The van der Waals surface area contributed by atoms with Gasteiger partial charge in [0.15, 0.2) is 5.13 Å². The highest BCUT2D eigenvalue weighted by atomic mass is 32.2. The second kappa shape index (κ2) is 8.38. The van der Waals surface area contributed by atoms with Crippen LogP contribution < -0.4 is 5.32 Å². The van der Waals surface area contributed by atoms with Gasteiger partial charge in [-0.15, -0.1) is 11.3 Å². The van der Waals surface area contributed by atoms with Crippen molar-refractivity contribution in [1.29, 1.82) is 0 Å². The van der Waals surface area contributed by atoms with Crippen LogP contribution in [-0.4, -0.2) is 20.9 Å². The average molecular weight is 385 g/mol. The Morgan fingerprint density at radius 3 is 2.54 bits per heavy atom. The van der Waals surface area contributed by atoms with Crippen molar-refractivity contribution < 1.29 is 9.00 Å². The lowest BCUT2D eigenvalue weighted by molar-refractivity contribution is 0.102. The van der Waals surface area contributed by atoms with E-state index in [0.717, 1.165) is 17.7 Å². The Bertz CT molecular complexity index is 933. The first-order chi connectivity index (χ1) is 12.6. The first-order valence-electron chi connectivity index (χ1n) is 8.46. The molecule has 26 heavy (non-hydrogen) atoms. The van der Waals surface area contributed by atoms with E-state index >= 15 is 0 Å². The molecule has 134 valence electrons. The van der Waals surface area contributed by atoms with Crippen LogP contribution in [-0.2, 0) is 17.2 Å². The molecule has 1 atom stereocenters. The molecule has 1 unspecified atom stereocenters. The molecule has 2 aromatic carbocycles. The lowest BCUT2D eigenvalue weighted by Crippen LogP contribution is -2.15. The van der Waals surface area contributed by atoms with Gasteiger partial charge in [0, 0.05) is 16.7 Å². The van der Waals surface area contributed by atoms with Crippen LogP contribution in [0.3, 0.4) is 0 Å². The minimum atomic E-state index is -1.19. The molecule has 0 aliphatic carbocycles. The summed E-state index contributed by atoms with van der Waals surface area (Å²) in [6.45, 7) is 3.95. The molecule has 4 nitrogen and oxygen atoms in total. The maximum atomic E-state index is 12.6. The first kappa shape index (κ1) is 18.5. The van der Waals surface area contributed by atoms with E-state index in [2.05, 4.69) is 29.4 Å². The first-order valence-corrected chi connectivity index (χ1v) is 10.7. The molecule has 1 aromatic heterocycles. The number of hydrogen-bond donors (Lipinski definition) is 1. The summed E-state index contributed by atoms with van der Waals surface area (Å²) in [5.74, 6) is 0.184. The van der Waals surface area contributed by atoms with E-state index in [1.165, 1.54) is 16.9 Å². The summed E-state index contributed by atoms with van der Waals surface area (Å²) in [4.78, 5) is 17.7. The van der Waals surface area contributed by atoms with Gasteiger partial charge in [-0.1, -0.05) is 50.2 Å². The zero-order valence-corrected chi connectivity index (χ0v) is 16.3. The number of nitrogens with zero attached hydrogens (tertiary/aromatic N) is 1. The third-order valence-corrected chi connectivity index (χ3v) is 6.15. The van der Waals surface area contributed by atoms with Crippen molar-refractivity contribution in [2.75, 3.05) is 11.1 Å². The number of carbonyl (C=O) groups excluding carboxylic acids is 1. The van der Waals surface area contributed by atoms with E-state index in [4.69, 9.17) is 0 Å². The largest absolute Gasteiger partial charge is 0.298 e. The van der Waals surface area contributed by atoms with Gasteiger partial charge in [0.1, 0.15) is 0 Å². The van der Waals surface area contributed by atoms with Gasteiger partial charge in [0.05, 0.1) is 27.0 Å². The minimum absolute atomic E-state index is 0.287. The van der Waals surface area contributed by atoms with E-state index in [1.807, 2.05) is 24.4 Å². The average Bonchev–Trinajstić information content (AvgIpc) is 3.15. The molecular weight excluding hydrogens is 364 g/mol. The van der Waals surface area contributed by atoms with Crippen molar-refractivity contribution >= 4 is 33.2 Å². The number of nitrogens with one attached hydrogen (secondary N) is 1. The van der Waals surface area contributed by atoms with Crippen LogP contribution in [0, 0.1) is 0 Å². The molecule has 1 N–H and O–H groups in total. The fourth-order valence-electron chi connectivity index (χ4n) is 2.55. The Labute approximate surface area is 159 Å². The molecule has 0 saturated heterocycles. The van der Waals surface area contributed by atoms with E-state index in [1.54, 1.807) is 24.3 Å². The van der Waals surface area contributed by atoms with E-state index in [9.17, 15) is 9.00 Å². The number of benzene rings is 2. The summed E-state index contributed by atoms with van der Waals surface area (Å²) in [5, 5.41) is 5.28. The molecule has 0 fully saturated rings. The SMILES string of the molecule is CCc1ccc(-c2csc(NC(=O)c3ccccc3S(=O)CC)n2)cc1. The fourth-order valence-corrected chi connectivity index (χ4v) is 4.21. The summed E-state index contributed by atoms with van der Waals surface area (Å²) in [6.07, 6.45) is 0.997. The molecular formula is C20H20N2O2S2. The standard InChI is InChI=1S/C20H20N2O2S2/c1-3-14-9-11-15(12-10-14)17-13-25-20(21-17)22-19(23)16-7-5-6-8-18(16)26(24)4-2/h5-13H,3-4H2,1-2H3,(H,21,22,23). The van der Waals surface area contributed by atoms with Crippen LogP contribution in [0.5, 0.6) is 0 Å². The van der Waals surface area contributed by atoms with Crippen LogP contribution in [0.2, 0.25) is 0 Å². The number of aromatic nitrogens is 1. The highest BCUT2D eigenvalue weighted by molar-refractivity contribution is 7.85. The smallest absolute Gasteiger partial charge is 0.258 e. The maximum Gasteiger partial charge on any atom is 0.258 e. The molecule has 3 aromatic rings. The summed E-state index contributed by atoms with van der Waals surface area (Å²) in [7, 11) is -1.19. The van der Waals surface area contributed by atoms with Gasteiger partial charge < -0.3 is 0 Å². The van der Waals surface area contributed by atoms with Gasteiger partial charge in [-0.2, -0.15) is 0 Å². The molecule has 1 heterocycles. The molecule has 0 spiro atoms. The highest BCUT2D eigenvalue weighted by Crippen LogP contribution is 2.26. The summed E-state index contributed by atoms with van der Waals surface area (Å²) in [5.41, 5.74) is 3.56. The fraction of sp³-hybridized carbons (Fsp3) is 0.200. The van der Waals surface area contributed by atoms with Crippen molar-refractivity contribution in [3.63, 3.8) is 0 Å². The molecule has 0 radical (unpaired) electrons. The van der Waals surface area contributed by atoms with Gasteiger partial charge in [0.2, 0.25) is 0 Å². The Morgan fingerprint density at radius 2 is 1.85 bits per heavy atom. The lowest BCUT2D eigenvalue weighted by Gasteiger charge is -2.07. The third-order valence-electron chi connectivity index (χ3n) is 4.02. The molecule has 0 aliphatic rings. The van der Waals surface area contributed by atoms with Crippen LogP contribution in [0.4, 0.5) is 5.13 Å². The van der Waals surface area contributed by atoms with Crippen molar-refractivity contribution in [2.45, 2.75) is 25.2 Å². The molecule has 0 bridgehead atoms. The summed E-state index contributed by atoms with van der Waals surface area (Å²) >= 11 is 1.38. The number of hydrogen-bond acceptors (Lipinski definition) is 4. The van der Waals surface area contributed by atoms with Gasteiger partial charge in [-0.25, -0.2) is 4.98 Å². The number of aryl methyl sites for hydroxylation is 1.